The van der Waals surface area contributed by atoms with E-state index in [4.69, 9.17) is 0 Å². The van der Waals surface area contributed by atoms with Crippen LogP contribution in [0.5, 0.6) is 0 Å². The van der Waals surface area contributed by atoms with Crippen molar-refractivity contribution in [2.75, 3.05) is 19.6 Å². The molecule has 0 aliphatic heterocycles. The van der Waals surface area contributed by atoms with Crippen molar-refractivity contribution in [3.63, 3.8) is 0 Å². The quantitative estimate of drug-likeness (QED) is 0.440. The average Bonchev–Trinajstić information content (AvgIpc) is 2.82. The van der Waals surface area contributed by atoms with Crippen LogP contribution < -0.4 is 10.6 Å². The summed E-state index contributed by atoms with van der Waals surface area (Å²) in [7, 11) is 0. The first kappa shape index (κ1) is 18.3. The van der Waals surface area contributed by atoms with Crippen LogP contribution in [0.1, 0.15) is 32.0 Å². The third kappa shape index (κ3) is 7.90. The van der Waals surface area contributed by atoms with Gasteiger partial charge >= 0.3 is 6.18 Å². The summed E-state index contributed by atoms with van der Waals surface area (Å²) in [6.45, 7) is 5.74. The normalized spacial score (nSPS) is 12.5. The van der Waals surface area contributed by atoms with Crippen LogP contribution in [0, 0.1) is 6.92 Å². The van der Waals surface area contributed by atoms with E-state index in [2.05, 4.69) is 25.2 Å². The lowest BCUT2D eigenvalue weighted by Gasteiger charge is -2.12. The number of nitrogens with zero attached hydrogens (tertiary/aromatic N) is 3. The van der Waals surface area contributed by atoms with Gasteiger partial charge in [0.2, 0.25) is 0 Å². The number of rotatable bonds is 8. The number of aromatic nitrogens is 2. The Morgan fingerprint density at radius 2 is 2.09 bits per heavy atom. The predicted octanol–water partition coefficient (Wildman–Crippen LogP) is 2.48. The number of alkyl halides is 3. The predicted molar refractivity (Wildman–Crippen MR) is 80.9 cm³/mol. The van der Waals surface area contributed by atoms with E-state index in [1.54, 1.807) is 6.20 Å². The van der Waals surface area contributed by atoms with Gasteiger partial charge in [-0.25, -0.2) is 4.98 Å². The highest BCUT2D eigenvalue weighted by Crippen LogP contribution is 2.17. The van der Waals surface area contributed by atoms with E-state index in [-0.39, 0.29) is 6.54 Å². The number of nitrogens with one attached hydrogen (secondary N) is 2. The summed E-state index contributed by atoms with van der Waals surface area (Å²) in [6, 6.07) is 0. The molecule has 0 saturated heterocycles. The Labute approximate surface area is 129 Å². The summed E-state index contributed by atoms with van der Waals surface area (Å²) >= 11 is 0. The van der Waals surface area contributed by atoms with Gasteiger partial charge in [0.25, 0.3) is 0 Å². The first-order chi connectivity index (χ1) is 10.4. The largest absolute Gasteiger partial charge is 0.390 e. The number of guanidine groups is 1. The minimum Gasteiger partial charge on any atom is -0.357 e. The molecule has 0 amide bonds. The molecule has 5 nitrogen and oxygen atoms in total. The summed E-state index contributed by atoms with van der Waals surface area (Å²) in [5.41, 5.74) is 0. The molecule has 22 heavy (non-hydrogen) atoms. The smallest absolute Gasteiger partial charge is 0.357 e. The Morgan fingerprint density at radius 3 is 2.68 bits per heavy atom. The standard InChI is InChI=1S/C14H24F3N5/c1-3-18-13(21-8-6-14(15,16)17)20-7-4-5-10-22-11-9-19-12(22)2/h9,11H,3-8,10H2,1-2H3,(H2,18,20,21). The van der Waals surface area contributed by atoms with Crippen LogP contribution in [0.25, 0.3) is 0 Å². The fraction of sp³-hybridized carbons (Fsp3) is 0.714. The Bertz CT molecular complexity index is 454. The number of hydrogen-bond donors (Lipinski definition) is 2. The van der Waals surface area contributed by atoms with E-state index in [0.29, 0.717) is 19.0 Å². The maximum atomic E-state index is 12.1. The van der Waals surface area contributed by atoms with E-state index in [0.717, 1.165) is 25.2 Å². The molecule has 0 bridgehead atoms. The zero-order chi connectivity index (χ0) is 16.4. The van der Waals surface area contributed by atoms with Crippen LogP contribution in [0.4, 0.5) is 13.2 Å². The van der Waals surface area contributed by atoms with Gasteiger partial charge in [0.15, 0.2) is 5.96 Å². The fourth-order valence-electron chi connectivity index (χ4n) is 1.89. The molecule has 0 aromatic carbocycles. The van der Waals surface area contributed by atoms with Gasteiger partial charge in [0.05, 0.1) is 6.42 Å². The van der Waals surface area contributed by atoms with Gasteiger partial charge < -0.3 is 15.2 Å². The molecule has 0 unspecified atom stereocenters. The molecule has 2 N–H and O–H groups in total. The average molecular weight is 319 g/mol. The maximum Gasteiger partial charge on any atom is 0.390 e. The van der Waals surface area contributed by atoms with Gasteiger partial charge in [-0.2, -0.15) is 13.2 Å². The molecule has 1 heterocycles. The molecule has 1 rings (SSSR count). The summed E-state index contributed by atoms with van der Waals surface area (Å²) in [5.74, 6) is 1.41. The summed E-state index contributed by atoms with van der Waals surface area (Å²) in [5, 5.41) is 5.63. The van der Waals surface area contributed by atoms with Gasteiger partial charge in [0, 0.05) is 38.6 Å². The zero-order valence-electron chi connectivity index (χ0n) is 13.1. The molecule has 1 aromatic rings. The number of hydrogen-bond acceptors (Lipinski definition) is 2. The molecule has 0 spiro atoms. The third-order valence-electron chi connectivity index (χ3n) is 3.05. The first-order valence-corrected chi connectivity index (χ1v) is 7.49. The highest BCUT2D eigenvalue weighted by Gasteiger charge is 2.26. The van der Waals surface area contributed by atoms with E-state index < -0.39 is 12.6 Å². The van der Waals surface area contributed by atoms with Crippen LogP contribution in [0.15, 0.2) is 17.4 Å². The van der Waals surface area contributed by atoms with Crippen molar-refractivity contribution < 1.29 is 13.2 Å². The van der Waals surface area contributed by atoms with E-state index in [1.807, 2.05) is 20.0 Å². The van der Waals surface area contributed by atoms with Gasteiger partial charge in [-0.05, 0) is 26.7 Å². The van der Waals surface area contributed by atoms with Gasteiger partial charge in [-0.3, -0.25) is 4.99 Å². The second-order valence-corrected chi connectivity index (χ2v) is 4.93. The number of aryl methyl sites for hydroxylation is 2. The highest BCUT2D eigenvalue weighted by atomic mass is 19.4. The second-order valence-electron chi connectivity index (χ2n) is 4.93. The lowest BCUT2D eigenvalue weighted by Crippen LogP contribution is -2.39. The Kier molecular flexibility index (Phi) is 7.76. The van der Waals surface area contributed by atoms with Crippen LogP contribution in [0.2, 0.25) is 0 Å². The van der Waals surface area contributed by atoms with Gasteiger partial charge in [-0.1, -0.05) is 0 Å². The molecular formula is C14H24F3N5. The molecule has 0 aliphatic rings. The Morgan fingerprint density at radius 1 is 1.32 bits per heavy atom. The van der Waals surface area contributed by atoms with Crippen LogP contribution >= 0.6 is 0 Å². The third-order valence-corrected chi connectivity index (χ3v) is 3.05. The fourth-order valence-corrected chi connectivity index (χ4v) is 1.89. The highest BCUT2D eigenvalue weighted by molar-refractivity contribution is 5.79. The molecule has 8 heteroatoms. The Balaban J connectivity index is 2.25. The Hall–Kier alpha value is -1.73. The van der Waals surface area contributed by atoms with Crippen molar-refractivity contribution >= 4 is 5.96 Å². The SMILES string of the molecule is CCNC(=NCCCCn1ccnc1C)NCCC(F)(F)F. The van der Waals surface area contributed by atoms with Crippen LogP contribution in [-0.4, -0.2) is 41.3 Å². The minimum atomic E-state index is -4.15. The molecule has 0 radical (unpaired) electrons. The number of imidazole rings is 1. The van der Waals surface area contributed by atoms with Crippen molar-refractivity contribution in [3.8, 4) is 0 Å². The molecule has 0 saturated carbocycles. The number of aliphatic imine (C=N–C) groups is 1. The molecule has 0 aliphatic carbocycles. The van der Waals surface area contributed by atoms with Crippen molar-refractivity contribution in [2.24, 2.45) is 4.99 Å². The molecule has 126 valence electrons. The van der Waals surface area contributed by atoms with Crippen molar-refractivity contribution in [3.05, 3.63) is 18.2 Å². The van der Waals surface area contributed by atoms with Crippen LogP contribution in [0.3, 0.4) is 0 Å². The van der Waals surface area contributed by atoms with Crippen LogP contribution in [-0.2, 0) is 6.54 Å². The molecular weight excluding hydrogens is 295 g/mol. The maximum absolute atomic E-state index is 12.1. The number of unbranched alkanes of at least 4 members (excludes halogenated alkanes) is 1. The van der Waals surface area contributed by atoms with Crippen molar-refractivity contribution in [2.45, 2.75) is 45.8 Å². The first-order valence-electron chi connectivity index (χ1n) is 7.49. The molecule has 0 fully saturated rings. The summed E-state index contributed by atoms with van der Waals surface area (Å²) in [4.78, 5) is 8.42. The number of halogens is 3. The van der Waals surface area contributed by atoms with E-state index in [9.17, 15) is 13.2 Å². The summed E-state index contributed by atoms with van der Waals surface area (Å²) in [6.07, 6.45) is 0.503. The monoisotopic (exact) mass is 319 g/mol. The summed E-state index contributed by atoms with van der Waals surface area (Å²) < 4.78 is 38.4. The van der Waals surface area contributed by atoms with E-state index in [1.165, 1.54) is 0 Å². The topological polar surface area (TPSA) is 54.2 Å². The van der Waals surface area contributed by atoms with E-state index >= 15 is 0 Å². The molecule has 0 atom stereocenters. The van der Waals surface area contributed by atoms with Crippen molar-refractivity contribution in [1.82, 2.24) is 20.2 Å². The van der Waals surface area contributed by atoms with Crippen molar-refractivity contribution in [1.29, 1.82) is 0 Å². The lowest BCUT2D eigenvalue weighted by molar-refractivity contribution is -0.132. The van der Waals surface area contributed by atoms with Gasteiger partial charge in [-0.15, -0.1) is 0 Å². The van der Waals surface area contributed by atoms with Gasteiger partial charge in [0.1, 0.15) is 5.82 Å². The second kappa shape index (κ2) is 9.32. The minimum absolute atomic E-state index is 0.163. The molecule has 1 aromatic heterocycles. The zero-order valence-corrected chi connectivity index (χ0v) is 13.1. The lowest BCUT2D eigenvalue weighted by atomic mass is 10.3.